The van der Waals surface area contributed by atoms with Crippen LogP contribution in [0.5, 0.6) is 0 Å². The third kappa shape index (κ3) is 2.93. The highest BCUT2D eigenvalue weighted by atomic mass is 79.9. The monoisotopic (exact) mass is 284 g/mol. The molecule has 4 heteroatoms. The molecule has 1 rings (SSSR count). The first-order valence-electron chi connectivity index (χ1n) is 4.64. The molecule has 0 heterocycles. The van der Waals surface area contributed by atoms with Crippen molar-refractivity contribution >= 4 is 27.5 Å². The minimum Gasteiger partial charge on any atom is -0.465 e. The van der Waals surface area contributed by atoms with Gasteiger partial charge in [-0.3, -0.25) is 0 Å². The number of esters is 1. The van der Waals surface area contributed by atoms with Crippen molar-refractivity contribution in [1.29, 1.82) is 0 Å². The zero-order chi connectivity index (χ0) is 12.1. The minimum atomic E-state index is -0.430. The second kappa shape index (κ2) is 5.82. The molecule has 0 aliphatic rings. The molecule has 0 fully saturated rings. The van der Waals surface area contributed by atoms with Crippen LogP contribution < -0.4 is 0 Å². The van der Waals surface area contributed by atoms with Crippen molar-refractivity contribution in [3.63, 3.8) is 0 Å². The van der Waals surface area contributed by atoms with Crippen LogP contribution in [0.15, 0.2) is 30.8 Å². The Bertz CT molecular complexity index is 401. The van der Waals surface area contributed by atoms with Gasteiger partial charge in [-0.2, -0.15) is 0 Å². The lowest BCUT2D eigenvalue weighted by atomic mass is 10.1. The molecule has 1 aromatic carbocycles. The van der Waals surface area contributed by atoms with Crippen molar-refractivity contribution in [2.75, 3.05) is 14.2 Å². The van der Waals surface area contributed by atoms with E-state index in [4.69, 9.17) is 4.74 Å². The van der Waals surface area contributed by atoms with Crippen molar-refractivity contribution < 1.29 is 14.3 Å². The molecule has 3 nitrogen and oxygen atoms in total. The largest absolute Gasteiger partial charge is 0.465 e. The molecule has 0 spiro atoms. The molecule has 0 saturated heterocycles. The molecule has 0 radical (unpaired) electrons. The number of ether oxygens (including phenoxy) is 2. The van der Waals surface area contributed by atoms with E-state index in [-0.39, 0.29) is 5.01 Å². The summed E-state index contributed by atoms with van der Waals surface area (Å²) in [6.07, 6.45) is 0. The predicted octanol–water partition coefficient (Wildman–Crippen LogP) is 2.91. The van der Waals surface area contributed by atoms with Crippen LogP contribution in [-0.2, 0) is 14.3 Å². The maximum Gasteiger partial charge on any atom is 0.337 e. The van der Waals surface area contributed by atoms with Gasteiger partial charge in [-0.25, -0.2) is 4.79 Å². The van der Waals surface area contributed by atoms with E-state index in [0.717, 1.165) is 11.1 Å². The molecule has 0 aliphatic heterocycles. The van der Waals surface area contributed by atoms with E-state index in [2.05, 4.69) is 27.2 Å². The number of benzene rings is 1. The van der Waals surface area contributed by atoms with E-state index in [1.54, 1.807) is 13.2 Å². The van der Waals surface area contributed by atoms with Crippen LogP contribution in [0.1, 0.15) is 16.1 Å². The second-order valence-corrected chi connectivity index (χ2v) is 3.98. The van der Waals surface area contributed by atoms with Crippen LogP contribution >= 0.6 is 15.9 Å². The Labute approximate surface area is 103 Å². The summed E-state index contributed by atoms with van der Waals surface area (Å²) in [7, 11) is 2.93. The van der Waals surface area contributed by atoms with Crippen LogP contribution in [0.3, 0.4) is 0 Å². The molecule has 86 valence electrons. The fraction of sp³-hybridized carbons (Fsp3) is 0.250. The van der Waals surface area contributed by atoms with E-state index in [0.29, 0.717) is 5.57 Å². The van der Waals surface area contributed by atoms with Crippen molar-refractivity contribution in [3.05, 3.63) is 42.0 Å². The summed E-state index contributed by atoms with van der Waals surface area (Å²) >= 11 is 3.35. The summed E-state index contributed by atoms with van der Waals surface area (Å²) in [5.74, 6) is -0.430. The van der Waals surface area contributed by atoms with Crippen molar-refractivity contribution in [2.24, 2.45) is 0 Å². The first-order valence-corrected chi connectivity index (χ1v) is 5.56. The lowest BCUT2D eigenvalue weighted by Gasteiger charge is -2.10. The topological polar surface area (TPSA) is 35.5 Å². The Morgan fingerprint density at radius 3 is 2.69 bits per heavy atom. The maximum absolute atomic E-state index is 11.3. The lowest BCUT2D eigenvalue weighted by Crippen LogP contribution is -2.03. The third-order valence-electron chi connectivity index (χ3n) is 2.14. The Kier molecular flexibility index (Phi) is 4.71. The normalized spacial score (nSPS) is 11.9. The summed E-state index contributed by atoms with van der Waals surface area (Å²) in [4.78, 5) is 11.3. The molecule has 16 heavy (non-hydrogen) atoms. The summed E-state index contributed by atoms with van der Waals surface area (Å²) in [6, 6.07) is 7.38. The molecule has 0 aliphatic carbocycles. The quantitative estimate of drug-likeness (QED) is 0.485. The highest BCUT2D eigenvalue weighted by molar-refractivity contribution is 9.09. The highest BCUT2D eigenvalue weighted by Crippen LogP contribution is 2.25. The number of rotatable bonds is 4. The van der Waals surface area contributed by atoms with Crippen LogP contribution in [0, 0.1) is 0 Å². The highest BCUT2D eigenvalue weighted by Gasteiger charge is 2.12. The maximum atomic E-state index is 11.3. The number of carbonyl (C=O) groups is 1. The molecule has 0 N–H and O–H groups in total. The zero-order valence-electron chi connectivity index (χ0n) is 9.20. The van der Waals surface area contributed by atoms with Gasteiger partial charge >= 0.3 is 5.97 Å². The first kappa shape index (κ1) is 12.9. The summed E-state index contributed by atoms with van der Waals surface area (Å²) in [6.45, 7) is 3.69. The average Bonchev–Trinajstić information content (AvgIpc) is 2.36. The third-order valence-corrected chi connectivity index (χ3v) is 3.04. The van der Waals surface area contributed by atoms with E-state index in [1.807, 2.05) is 18.2 Å². The van der Waals surface area contributed by atoms with Gasteiger partial charge in [0, 0.05) is 7.11 Å². The second-order valence-electron chi connectivity index (χ2n) is 3.15. The number of alkyl halides is 1. The Balaban J connectivity index is 2.98. The van der Waals surface area contributed by atoms with Gasteiger partial charge in [-0.15, -0.1) is 0 Å². The average molecular weight is 285 g/mol. The molecule has 1 unspecified atom stereocenters. The molecular formula is C12H13BrO3. The molecule has 0 bridgehead atoms. The van der Waals surface area contributed by atoms with Crippen LogP contribution in [0.25, 0.3) is 5.57 Å². The van der Waals surface area contributed by atoms with Gasteiger partial charge < -0.3 is 9.47 Å². The zero-order valence-corrected chi connectivity index (χ0v) is 10.8. The first-order chi connectivity index (χ1) is 7.60. The van der Waals surface area contributed by atoms with Gasteiger partial charge in [0.2, 0.25) is 0 Å². The van der Waals surface area contributed by atoms with Gasteiger partial charge in [-0.1, -0.05) is 40.7 Å². The standard InChI is InChI=1S/C12H13BrO3/c1-8(12(14)16-3)9-5-4-6-10(7-9)11(13)15-2/h4-7,11H,1H2,2-3H3. The molecule has 1 atom stereocenters. The van der Waals surface area contributed by atoms with Crippen molar-refractivity contribution in [3.8, 4) is 0 Å². The van der Waals surface area contributed by atoms with Crippen molar-refractivity contribution in [1.82, 2.24) is 0 Å². The van der Waals surface area contributed by atoms with Crippen LogP contribution in [0.4, 0.5) is 0 Å². The molecule has 0 aromatic heterocycles. The van der Waals surface area contributed by atoms with Crippen LogP contribution in [-0.4, -0.2) is 20.2 Å². The smallest absolute Gasteiger partial charge is 0.337 e. The SMILES string of the molecule is C=C(C(=O)OC)c1cccc(C(Br)OC)c1. The summed E-state index contributed by atoms with van der Waals surface area (Å²) < 4.78 is 9.74. The Hall–Kier alpha value is -1.13. The predicted molar refractivity (Wildman–Crippen MR) is 66.2 cm³/mol. The number of halogens is 1. The Morgan fingerprint density at radius 2 is 2.12 bits per heavy atom. The van der Waals surface area contributed by atoms with Crippen molar-refractivity contribution in [2.45, 2.75) is 5.01 Å². The van der Waals surface area contributed by atoms with Gasteiger partial charge in [0.1, 0.15) is 5.01 Å². The van der Waals surface area contributed by atoms with Gasteiger partial charge in [0.25, 0.3) is 0 Å². The molecular weight excluding hydrogens is 272 g/mol. The van der Waals surface area contributed by atoms with Gasteiger partial charge in [0.05, 0.1) is 12.7 Å². The van der Waals surface area contributed by atoms with E-state index in [9.17, 15) is 4.79 Å². The van der Waals surface area contributed by atoms with E-state index in [1.165, 1.54) is 7.11 Å². The van der Waals surface area contributed by atoms with Crippen LogP contribution in [0.2, 0.25) is 0 Å². The van der Waals surface area contributed by atoms with E-state index < -0.39 is 5.97 Å². The fourth-order valence-corrected chi connectivity index (χ4v) is 1.53. The molecule has 1 aromatic rings. The lowest BCUT2D eigenvalue weighted by molar-refractivity contribution is -0.133. The summed E-state index contributed by atoms with van der Waals surface area (Å²) in [5.41, 5.74) is 1.98. The molecule has 0 amide bonds. The van der Waals surface area contributed by atoms with E-state index >= 15 is 0 Å². The minimum absolute atomic E-state index is 0.196. The number of hydrogen-bond acceptors (Lipinski definition) is 3. The summed E-state index contributed by atoms with van der Waals surface area (Å²) in [5, 5.41) is -0.196. The number of carbonyl (C=O) groups excluding carboxylic acids is 1. The number of hydrogen-bond donors (Lipinski definition) is 0. The molecule has 0 saturated carbocycles. The fourth-order valence-electron chi connectivity index (χ4n) is 1.24. The number of methoxy groups -OCH3 is 2. The van der Waals surface area contributed by atoms with Gasteiger partial charge in [-0.05, 0) is 17.2 Å². The van der Waals surface area contributed by atoms with Gasteiger partial charge in [0.15, 0.2) is 0 Å². The Morgan fingerprint density at radius 1 is 1.44 bits per heavy atom.